The summed E-state index contributed by atoms with van der Waals surface area (Å²) in [6, 6.07) is 0. The Kier molecular flexibility index (Phi) is 39.1. The van der Waals surface area contributed by atoms with E-state index in [-0.39, 0.29) is 31.1 Å². The summed E-state index contributed by atoms with van der Waals surface area (Å²) in [5, 5.41) is 0. The predicted octanol–water partition coefficient (Wildman–Crippen LogP) is 13.6. The standard InChI is InChI=1S/C46H80O6/c1-4-7-10-13-15-17-19-21-22-23-25-26-28-30-33-36-39-45(48)51-42-43(41-50-44(47)38-35-32-12-9-6-3)52-46(49)40-37-34-31-29-27-24-20-18-16-14-11-8-5-2/h11,14,17-20,22-23,43H,4-10,12-13,15-16,21,24-42H2,1-3H3/b14-11-,19-17-,20-18-,23-22-. The van der Waals surface area contributed by atoms with E-state index in [2.05, 4.69) is 69.4 Å². The van der Waals surface area contributed by atoms with Crippen molar-refractivity contribution in [2.45, 2.75) is 213 Å². The molecule has 6 heteroatoms. The predicted molar refractivity (Wildman–Crippen MR) is 219 cm³/mol. The normalized spacial score (nSPS) is 12.4. The second kappa shape index (κ2) is 41.1. The highest BCUT2D eigenvalue weighted by atomic mass is 16.6. The number of rotatable bonds is 38. The third-order valence-electron chi connectivity index (χ3n) is 9.04. The summed E-state index contributed by atoms with van der Waals surface area (Å²) in [5.41, 5.74) is 0. The van der Waals surface area contributed by atoms with Crippen LogP contribution < -0.4 is 0 Å². The maximum Gasteiger partial charge on any atom is 0.306 e. The average molecular weight is 729 g/mol. The van der Waals surface area contributed by atoms with Gasteiger partial charge < -0.3 is 14.2 Å². The molecule has 0 heterocycles. The van der Waals surface area contributed by atoms with E-state index in [1.807, 2.05) is 0 Å². The lowest BCUT2D eigenvalue weighted by Gasteiger charge is -2.18. The Morgan fingerprint density at radius 3 is 1.15 bits per heavy atom. The van der Waals surface area contributed by atoms with Gasteiger partial charge in [0.15, 0.2) is 6.10 Å². The molecule has 0 aliphatic heterocycles. The molecular formula is C46H80O6. The van der Waals surface area contributed by atoms with Crippen molar-refractivity contribution in [3.8, 4) is 0 Å². The van der Waals surface area contributed by atoms with Gasteiger partial charge in [-0.2, -0.15) is 0 Å². The van der Waals surface area contributed by atoms with E-state index < -0.39 is 6.10 Å². The van der Waals surface area contributed by atoms with Crippen molar-refractivity contribution >= 4 is 17.9 Å². The third-order valence-corrected chi connectivity index (χ3v) is 9.04. The van der Waals surface area contributed by atoms with Gasteiger partial charge in [-0.1, -0.05) is 159 Å². The average Bonchev–Trinajstić information content (AvgIpc) is 3.14. The van der Waals surface area contributed by atoms with Gasteiger partial charge in [0.1, 0.15) is 13.2 Å². The number of esters is 3. The van der Waals surface area contributed by atoms with Gasteiger partial charge >= 0.3 is 17.9 Å². The van der Waals surface area contributed by atoms with Crippen molar-refractivity contribution in [3.05, 3.63) is 48.6 Å². The molecule has 1 unspecified atom stereocenters. The summed E-state index contributed by atoms with van der Waals surface area (Å²) in [7, 11) is 0. The molecule has 0 amide bonds. The van der Waals surface area contributed by atoms with Gasteiger partial charge in [-0.3, -0.25) is 14.4 Å². The van der Waals surface area contributed by atoms with Crippen molar-refractivity contribution in [2.24, 2.45) is 0 Å². The second-order valence-corrected chi connectivity index (χ2v) is 14.3. The molecule has 1 atom stereocenters. The number of ether oxygens (including phenoxy) is 3. The quantitative estimate of drug-likeness (QED) is 0.0272. The van der Waals surface area contributed by atoms with Crippen LogP contribution in [0.25, 0.3) is 0 Å². The number of hydrogen-bond acceptors (Lipinski definition) is 6. The fourth-order valence-electron chi connectivity index (χ4n) is 5.74. The monoisotopic (exact) mass is 729 g/mol. The first-order chi connectivity index (χ1) is 25.5. The molecule has 0 aliphatic rings. The van der Waals surface area contributed by atoms with Crippen LogP contribution in [0.4, 0.5) is 0 Å². The lowest BCUT2D eigenvalue weighted by atomic mass is 10.1. The van der Waals surface area contributed by atoms with Gasteiger partial charge in [-0.25, -0.2) is 0 Å². The zero-order valence-electron chi connectivity index (χ0n) is 34.1. The molecule has 0 aromatic heterocycles. The van der Waals surface area contributed by atoms with E-state index >= 15 is 0 Å². The highest BCUT2D eigenvalue weighted by Gasteiger charge is 2.19. The molecule has 0 N–H and O–H groups in total. The van der Waals surface area contributed by atoms with Crippen LogP contribution >= 0.6 is 0 Å². The number of allylic oxidation sites excluding steroid dienone is 8. The summed E-state index contributed by atoms with van der Waals surface area (Å²) in [6.07, 6.45) is 46.9. The van der Waals surface area contributed by atoms with Crippen molar-refractivity contribution in [1.82, 2.24) is 0 Å². The minimum absolute atomic E-state index is 0.0848. The lowest BCUT2D eigenvalue weighted by Crippen LogP contribution is -2.30. The Morgan fingerprint density at radius 1 is 0.385 bits per heavy atom. The molecule has 0 aromatic rings. The van der Waals surface area contributed by atoms with Gasteiger partial charge in [-0.15, -0.1) is 0 Å². The molecule has 0 radical (unpaired) electrons. The molecule has 300 valence electrons. The fourth-order valence-corrected chi connectivity index (χ4v) is 5.74. The number of hydrogen-bond donors (Lipinski definition) is 0. The Labute approximate surface area is 320 Å². The highest BCUT2D eigenvalue weighted by molar-refractivity contribution is 5.71. The zero-order chi connectivity index (χ0) is 38.0. The van der Waals surface area contributed by atoms with Crippen LogP contribution in [0.3, 0.4) is 0 Å². The SMILES string of the molecule is CCC/C=C\C/C=C\CCCCCCCC(=O)OC(COC(=O)CCCCCCC)COC(=O)CCCCCCC/C=C\C/C=C\CCCCCC. The lowest BCUT2D eigenvalue weighted by molar-refractivity contribution is -0.167. The second-order valence-electron chi connectivity index (χ2n) is 14.3. The first-order valence-corrected chi connectivity index (χ1v) is 21.6. The molecule has 0 rings (SSSR count). The Morgan fingerprint density at radius 2 is 0.731 bits per heavy atom. The van der Waals surface area contributed by atoms with Crippen LogP contribution in [0.15, 0.2) is 48.6 Å². The Bertz CT molecular complexity index is 933. The molecule has 0 fully saturated rings. The van der Waals surface area contributed by atoms with Crippen LogP contribution in [-0.4, -0.2) is 37.2 Å². The van der Waals surface area contributed by atoms with E-state index in [0.717, 1.165) is 116 Å². The minimum atomic E-state index is -0.779. The Hall–Kier alpha value is -2.63. The van der Waals surface area contributed by atoms with Crippen molar-refractivity contribution in [1.29, 1.82) is 0 Å². The van der Waals surface area contributed by atoms with Gasteiger partial charge in [0.05, 0.1) is 0 Å². The maximum atomic E-state index is 12.6. The summed E-state index contributed by atoms with van der Waals surface area (Å²) in [6.45, 7) is 6.43. The summed E-state index contributed by atoms with van der Waals surface area (Å²) in [4.78, 5) is 37.4. The Balaban J connectivity index is 4.29. The molecule has 0 saturated heterocycles. The first kappa shape index (κ1) is 49.4. The zero-order valence-corrected chi connectivity index (χ0v) is 34.1. The van der Waals surface area contributed by atoms with Crippen LogP contribution in [0.1, 0.15) is 207 Å². The largest absolute Gasteiger partial charge is 0.462 e. The number of unbranched alkanes of at least 4 members (excludes halogenated alkanes) is 19. The fraction of sp³-hybridized carbons (Fsp3) is 0.761. The molecule has 6 nitrogen and oxygen atoms in total. The van der Waals surface area contributed by atoms with Gasteiger partial charge in [-0.05, 0) is 77.0 Å². The smallest absolute Gasteiger partial charge is 0.306 e. The molecule has 52 heavy (non-hydrogen) atoms. The van der Waals surface area contributed by atoms with Gasteiger partial charge in [0.2, 0.25) is 0 Å². The van der Waals surface area contributed by atoms with Crippen LogP contribution in [0.5, 0.6) is 0 Å². The van der Waals surface area contributed by atoms with Crippen molar-refractivity contribution < 1.29 is 28.6 Å². The molecule has 0 bridgehead atoms. The van der Waals surface area contributed by atoms with Gasteiger partial charge in [0.25, 0.3) is 0 Å². The van der Waals surface area contributed by atoms with E-state index in [1.54, 1.807) is 0 Å². The van der Waals surface area contributed by atoms with E-state index in [0.29, 0.717) is 19.3 Å². The van der Waals surface area contributed by atoms with E-state index in [1.165, 1.54) is 51.4 Å². The summed E-state index contributed by atoms with van der Waals surface area (Å²) in [5.74, 6) is -0.931. The summed E-state index contributed by atoms with van der Waals surface area (Å²) < 4.78 is 16.5. The maximum absolute atomic E-state index is 12.6. The first-order valence-electron chi connectivity index (χ1n) is 21.6. The number of carbonyl (C=O) groups is 3. The summed E-state index contributed by atoms with van der Waals surface area (Å²) >= 11 is 0. The number of carbonyl (C=O) groups excluding carboxylic acids is 3. The third kappa shape index (κ3) is 38.6. The van der Waals surface area contributed by atoms with E-state index in [4.69, 9.17) is 14.2 Å². The van der Waals surface area contributed by atoms with E-state index in [9.17, 15) is 14.4 Å². The minimum Gasteiger partial charge on any atom is -0.462 e. The molecule has 0 aliphatic carbocycles. The van der Waals surface area contributed by atoms with Gasteiger partial charge in [0, 0.05) is 19.3 Å². The molecule has 0 aromatic carbocycles. The topological polar surface area (TPSA) is 78.9 Å². The van der Waals surface area contributed by atoms with Crippen molar-refractivity contribution in [3.63, 3.8) is 0 Å². The van der Waals surface area contributed by atoms with Crippen LogP contribution in [0.2, 0.25) is 0 Å². The van der Waals surface area contributed by atoms with Crippen LogP contribution in [0, 0.1) is 0 Å². The van der Waals surface area contributed by atoms with Crippen molar-refractivity contribution in [2.75, 3.05) is 13.2 Å². The molecule has 0 saturated carbocycles. The molecular weight excluding hydrogens is 648 g/mol. The highest BCUT2D eigenvalue weighted by Crippen LogP contribution is 2.12. The molecule has 0 spiro atoms. The van der Waals surface area contributed by atoms with Crippen LogP contribution in [-0.2, 0) is 28.6 Å².